The second kappa shape index (κ2) is 10.4. The van der Waals surface area contributed by atoms with Gasteiger partial charge in [-0.1, -0.05) is 35.0 Å². The molecule has 1 saturated heterocycles. The molecule has 33 heavy (non-hydrogen) atoms. The Morgan fingerprint density at radius 1 is 1.06 bits per heavy atom. The Morgan fingerprint density at radius 2 is 1.76 bits per heavy atom. The van der Waals surface area contributed by atoms with E-state index in [9.17, 15) is 9.59 Å². The second-order valence-corrected chi connectivity index (χ2v) is 8.48. The van der Waals surface area contributed by atoms with Crippen molar-refractivity contribution in [2.75, 3.05) is 20.2 Å². The van der Waals surface area contributed by atoms with Crippen molar-refractivity contribution in [3.63, 3.8) is 0 Å². The van der Waals surface area contributed by atoms with Gasteiger partial charge in [0, 0.05) is 43.0 Å². The molecule has 2 heterocycles. The zero-order valence-corrected chi connectivity index (χ0v) is 19.1. The monoisotopic (exact) mass is 447 g/mol. The molecule has 3 aromatic rings. The standard InChI is InChI=1S/C26H29N3O4/c1-18-6-8-19(9-7-18)25(31)20-14-16-29(17-15-20)24(30)5-3-4-23-27-26(28-33-23)21-10-12-22(32-2)13-11-21/h6-13,20H,3-5,14-17H2,1-2H3. The van der Waals surface area contributed by atoms with Crippen molar-refractivity contribution < 1.29 is 18.8 Å². The van der Waals surface area contributed by atoms with E-state index in [0.29, 0.717) is 56.9 Å². The molecule has 1 aliphatic heterocycles. The Bertz CT molecular complexity index is 1080. The van der Waals surface area contributed by atoms with Crippen molar-refractivity contribution in [2.24, 2.45) is 5.92 Å². The lowest BCUT2D eigenvalue weighted by atomic mass is 9.88. The summed E-state index contributed by atoms with van der Waals surface area (Å²) in [5, 5.41) is 4.03. The smallest absolute Gasteiger partial charge is 0.226 e. The zero-order chi connectivity index (χ0) is 23.2. The van der Waals surface area contributed by atoms with E-state index >= 15 is 0 Å². The summed E-state index contributed by atoms with van der Waals surface area (Å²) in [6, 6.07) is 15.2. The van der Waals surface area contributed by atoms with Gasteiger partial charge in [-0.05, 0) is 50.5 Å². The minimum absolute atomic E-state index is 0.00785. The van der Waals surface area contributed by atoms with Crippen molar-refractivity contribution in [1.82, 2.24) is 15.0 Å². The summed E-state index contributed by atoms with van der Waals surface area (Å²) in [6.45, 7) is 3.27. The number of ketones is 1. The molecular formula is C26H29N3O4. The van der Waals surface area contributed by atoms with Crippen LogP contribution in [0.25, 0.3) is 11.4 Å². The first-order valence-electron chi connectivity index (χ1n) is 11.4. The number of carbonyl (C=O) groups excluding carboxylic acids is 2. The van der Waals surface area contributed by atoms with Gasteiger partial charge in [0.1, 0.15) is 5.75 Å². The average molecular weight is 448 g/mol. The normalized spacial score (nSPS) is 14.3. The van der Waals surface area contributed by atoms with Crippen LogP contribution in [0.5, 0.6) is 5.75 Å². The topological polar surface area (TPSA) is 85.5 Å². The van der Waals surface area contributed by atoms with E-state index in [4.69, 9.17) is 9.26 Å². The minimum Gasteiger partial charge on any atom is -0.497 e. The molecule has 0 spiro atoms. The summed E-state index contributed by atoms with van der Waals surface area (Å²) in [6.07, 6.45) is 3.06. The van der Waals surface area contributed by atoms with Gasteiger partial charge < -0.3 is 14.2 Å². The fourth-order valence-electron chi connectivity index (χ4n) is 4.11. The first kappa shape index (κ1) is 22.7. The van der Waals surface area contributed by atoms with E-state index < -0.39 is 0 Å². The molecule has 7 heteroatoms. The molecule has 0 N–H and O–H groups in total. The Kier molecular flexibility index (Phi) is 7.17. The molecule has 1 aromatic heterocycles. The molecule has 7 nitrogen and oxygen atoms in total. The highest BCUT2D eigenvalue weighted by Gasteiger charge is 2.27. The van der Waals surface area contributed by atoms with Gasteiger partial charge in [-0.2, -0.15) is 4.98 Å². The number of hydrogen-bond donors (Lipinski definition) is 0. The summed E-state index contributed by atoms with van der Waals surface area (Å²) >= 11 is 0. The SMILES string of the molecule is COc1ccc(-c2noc(CCCC(=O)N3CCC(C(=O)c4ccc(C)cc4)CC3)n2)cc1. The Hall–Kier alpha value is -3.48. The van der Waals surface area contributed by atoms with Crippen LogP contribution in [0.3, 0.4) is 0 Å². The van der Waals surface area contributed by atoms with Gasteiger partial charge in [0.25, 0.3) is 0 Å². The van der Waals surface area contributed by atoms with Crippen LogP contribution in [0, 0.1) is 12.8 Å². The Morgan fingerprint density at radius 3 is 2.42 bits per heavy atom. The molecule has 172 valence electrons. The predicted octanol–water partition coefficient (Wildman–Crippen LogP) is 4.50. The fraction of sp³-hybridized carbons (Fsp3) is 0.385. The van der Waals surface area contributed by atoms with Crippen LogP contribution in [0.2, 0.25) is 0 Å². The van der Waals surface area contributed by atoms with Crippen LogP contribution in [0.4, 0.5) is 0 Å². The van der Waals surface area contributed by atoms with Crippen molar-refractivity contribution in [2.45, 2.75) is 39.0 Å². The third-order valence-corrected chi connectivity index (χ3v) is 6.15. The molecule has 2 aromatic carbocycles. The van der Waals surface area contributed by atoms with Crippen LogP contribution in [0.1, 0.15) is 47.5 Å². The molecule has 0 bridgehead atoms. The van der Waals surface area contributed by atoms with Gasteiger partial charge in [0.2, 0.25) is 17.6 Å². The number of aromatic nitrogens is 2. The number of nitrogens with zero attached hydrogens (tertiary/aromatic N) is 3. The highest BCUT2D eigenvalue weighted by atomic mass is 16.5. The van der Waals surface area contributed by atoms with E-state index in [2.05, 4.69) is 10.1 Å². The highest BCUT2D eigenvalue weighted by molar-refractivity contribution is 5.98. The molecule has 0 aliphatic carbocycles. The van der Waals surface area contributed by atoms with Gasteiger partial charge in [-0.25, -0.2) is 0 Å². The number of Topliss-reactive ketones (excluding diaryl/α,β-unsaturated/α-hetero) is 1. The third-order valence-electron chi connectivity index (χ3n) is 6.15. The Labute approximate surface area is 193 Å². The number of benzene rings is 2. The van der Waals surface area contributed by atoms with Gasteiger partial charge in [0.05, 0.1) is 7.11 Å². The Balaban J connectivity index is 1.21. The maximum Gasteiger partial charge on any atom is 0.226 e. The van der Waals surface area contributed by atoms with E-state index in [1.54, 1.807) is 7.11 Å². The molecule has 0 unspecified atom stereocenters. The number of likely N-dealkylation sites (tertiary alicyclic amines) is 1. The van der Waals surface area contributed by atoms with E-state index in [1.165, 1.54) is 0 Å². The third kappa shape index (κ3) is 5.66. The molecule has 1 aliphatic rings. The number of carbonyl (C=O) groups is 2. The lowest BCUT2D eigenvalue weighted by Gasteiger charge is -2.31. The maximum atomic E-state index is 12.7. The fourth-order valence-corrected chi connectivity index (χ4v) is 4.11. The van der Waals surface area contributed by atoms with Crippen molar-refractivity contribution >= 4 is 11.7 Å². The van der Waals surface area contributed by atoms with Crippen molar-refractivity contribution in [1.29, 1.82) is 0 Å². The largest absolute Gasteiger partial charge is 0.497 e. The lowest BCUT2D eigenvalue weighted by molar-refractivity contribution is -0.132. The number of piperidine rings is 1. The summed E-state index contributed by atoms with van der Waals surface area (Å²) < 4.78 is 10.5. The molecule has 4 rings (SSSR count). The molecule has 0 atom stereocenters. The van der Waals surface area contributed by atoms with E-state index in [0.717, 1.165) is 22.4 Å². The lowest BCUT2D eigenvalue weighted by Crippen LogP contribution is -2.40. The molecular weight excluding hydrogens is 418 g/mol. The second-order valence-electron chi connectivity index (χ2n) is 8.48. The molecule has 1 fully saturated rings. The molecule has 1 amide bonds. The van der Waals surface area contributed by atoms with Crippen molar-refractivity contribution in [3.05, 3.63) is 65.5 Å². The molecule has 0 saturated carbocycles. The summed E-state index contributed by atoms with van der Waals surface area (Å²) in [7, 11) is 1.62. The highest BCUT2D eigenvalue weighted by Crippen LogP contribution is 2.23. The molecule has 0 radical (unpaired) electrons. The van der Waals surface area contributed by atoms with E-state index in [1.807, 2.05) is 60.4 Å². The van der Waals surface area contributed by atoms with Gasteiger partial charge in [0.15, 0.2) is 5.78 Å². The first-order chi connectivity index (χ1) is 16.0. The number of ether oxygens (including phenoxy) is 1. The number of aryl methyl sites for hydroxylation is 2. The average Bonchev–Trinajstić information content (AvgIpc) is 3.33. The summed E-state index contributed by atoms with van der Waals surface area (Å²) in [4.78, 5) is 31.6. The summed E-state index contributed by atoms with van der Waals surface area (Å²) in [5.41, 5.74) is 2.76. The van der Waals surface area contributed by atoms with Crippen LogP contribution in [-0.4, -0.2) is 46.9 Å². The van der Waals surface area contributed by atoms with Crippen LogP contribution < -0.4 is 4.74 Å². The minimum atomic E-state index is -0.00785. The number of hydrogen-bond acceptors (Lipinski definition) is 6. The van der Waals surface area contributed by atoms with Gasteiger partial charge in [-0.3, -0.25) is 9.59 Å². The number of amides is 1. The van der Waals surface area contributed by atoms with Crippen LogP contribution >= 0.6 is 0 Å². The quantitative estimate of drug-likeness (QED) is 0.473. The van der Waals surface area contributed by atoms with Gasteiger partial charge in [-0.15, -0.1) is 0 Å². The van der Waals surface area contributed by atoms with Gasteiger partial charge >= 0.3 is 0 Å². The van der Waals surface area contributed by atoms with Crippen LogP contribution in [0.15, 0.2) is 53.1 Å². The van der Waals surface area contributed by atoms with Crippen molar-refractivity contribution in [3.8, 4) is 17.1 Å². The predicted molar refractivity (Wildman–Crippen MR) is 124 cm³/mol. The number of methoxy groups -OCH3 is 1. The first-order valence-corrected chi connectivity index (χ1v) is 11.4. The summed E-state index contributed by atoms with van der Waals surface area (Å²) in [5.74, 6) is 2.11. The maximum absolute atomic E-state index is 12.7. The number of rotatable bonds is 8. The zero-order valence-electron chi connectivity index (χ0n) is 19.1. The van der Waals surface area contributed by atoms with E-state index in [-0.39, 0.29) is 17.6 Å². The van der Waals surface area contributed by atoms with Crippen LogP contribution in [-0.2, 0) is 11.2 Å².